The van der Waals surface area contributed by atoms with Gasteiger partial charge in [0.15, 0.2) is 0 Å². The molecule has 57 heavy (non-hydrogen) atoms. The Hall–Kier alpha value is -5.66. The van der Waals surface area contributed by atoms with Crippen molar-refractivity contribution in [3.63, 3.8) is 0 Å². The Labute approximate surface area is 338 Å². The summed E-state index contributed by atoms with van der Waals surface area (Å²) in [5, 5.41) is 14.6. The molecule has 0 aromatic heterocycles. The van der Waals surface area contributed by atoms with Crippen molar-refractivity contribution in [1.29, 1.82) is 0 Å². The number of quaternary nitrogens is 1. The highest BCUT2D eigenvalue weighted by Crippen LogP contribution is 2.48. The first kappa shape index (κ1) is 44.1. The van der Waals surface area contributed by atoms with Gasteiger partial charge in [0.05, 0.1) is 27.9 Å². The Balaban J connectivity index is 0.00000720. The maximum absolute atomic E-state index is 14.0. The lowest BCUT2D eigenvalue weighted by molar-refractivity contribution is -0.368. The minimum absolute atomic E-state index is 0. The van der Waals surface area contributed by atoms with Crippen molar-refractivity contribution in [2.75, 3.05) is 27.9 Å². The molecule has 1 heterocycles. The second-order valence-corrected chi connectivity index (χ2v) is 13.9. The van der Waals surface area contributed by atoms with Gasteiger partial charge in [0.25, 0.3) is 0 Å². The SMILES string of the molecule is COC(=O)[C@@H]1CC=CCc2cc3ccccc3c(c2OC)-c2c(OC)c(cc3ccccc23)CC(NC(C)=O)C(=O)N[C@@H](C)C(=O)N[C@@H](CCCC[NH3+])C(=O)N1.[Cl-]. The van der Waals surface area contributed by atoms with E-state index in [0.717, 1.165) is 38.2 Å². The third kappa shape index (κ3) is 10.4. The summed E-state index contributed by atoms with van der Waals surface area (Å²) in [6.45, 7) is 3.46. The predicted molar refractivity (Wildman–Crippen MR) is 214 cm³/mol. The second-order valence-electron chi connectivity index (χ2n) is 13.9. The lowest BCUT2D eigenvalue weighted by Crippen LogP contribution is -3.00. The molecule has 0 radical (unpaired) electrons. The number of methoxy groups -OCH3 is 3. The normalized spacial score (nSPS) is 19.2. The second kappa shape index (κ2) is 20.5. The number of halogens is 1. The zero-order valence-electron chi connectivity index (χ0n) is 33.0. The van der Waals surface area contributed by atoms with Crippen LogP contribution in [0.25, 0.3) is 32.7 Å². The fraction of sp³-hybridized carbons (Fsp3) is 0.372. The number of allylic oxidation sites excluding steroid dienone is 1. The summed E-state index contributed by atoms with van der Waals surface area (Å²) < 4.78 is 17.5. The van der Waals surface area contributed by atoms with Gasteiger partial charge in [0.2, 0.25) is 23.6 Å². The first-order valence-electron chi connectivity index (χ1n) is 18.9. The highest BCUT2D eigenvalue weighted by molar-refractivity contribution is 6.11. The molecule has 0 spiro atoms. The molecule has 0 saturated carbocycles. The summed E-state index contributed by atoms with van der Waals surface area (Å²) in [5.41, 5.74) is 6.90. The van der Waals surface area contributed by atoms with Crippen molar-refractivity contribution in [2.45, 2.75) is 76.5 Å². The van der Waals surface area contributed by atoms with Crippen molar-refractivity contribution in [3.05, 3.63) is 83.9 Å². The fourth-order valence-electron chi connectivity index (χ4n) is 7.26. The largest absolute Gasteiger partial charge is 1.00 e. The van der Waals surface area contributed by atoms with Crippen LogP contribution in [0.1, 0.15) is 50.7 Å². The van der Waals surface area contributed by atoms with Crippen LogP contribution < -0.4 is 48.9 Å². The third-order valence-corrected chi connectivity index (χ3v) is 9.99. The van der Waals surface area contributed by atoms with E-state index in [4.69, 9.17) is 14.2 Å². The van der Waals surface area contributed by atoms with Gasteiger partial charge in [-0.3, -0.25) is 19.2 Å². The summed E-state index contributed by atoms with van der Waals surface area (Å²) in [4.78, 5) is 66.7. The van der Waals surface area contributed by atoms with Gasteiger partial charge in [-0.2, -0.15) is 0 Å². The number of rotatable bonds is 8. The van der Waals surface area contributed by atoms with E-state index in [1.807, 2.05) is 66.7 Å². The van der Waals surface area contributed by atoms with Crippen molar-refractivity contribution in [2.24, 2.45) is 0 Å². The Morgan fingerprint density at radius 3 is 1.96 bits per heavy atom. The van der Waals surface area contributed by atoms with Crippen LogP contribution in [0.5, 0.6) is 11.5 Å². The van der Waals surface area contributed by atoms with Crippen LogP contribution in [0.15, 0.2) is 72.8 Å². The van der Waals surface area contributed by atoms with E-state index >= 15 is 0 Å². The zero-order chi connectivity index (χ0) is 40.4. The minimum atomic E-state index is -1.10. The Kier molecular flexibility index (Phi) is 15.8. The number of fused-ring (bicyclic) bond motifs is 9. The van der Waals surface area contributed by atoms with Crippen LogP contribution in [0.3, 0.4) is 0 Å². The summed E-state index contributed by atoms with van der Waals surface area (Å²) in [6, 6.07) is 15.6. The maximum atomic E-state index is 14.0. The number of ether oxygens (including phenoxy) is 3. The average Bonchev–Trinajstić information content (AvgIpc) is 3.19. The molecular formula is C43H52ClN5O8. The van der Waals surface area contributed by atoms with Crippen LogP contribution in [0.4, 0.5) is 0 Å². The third-order valence-electron chi connectivity index (χ3n) is 9.99. The first-order chi connectivity index (χ1) is 27.0. The van der Waals surface area contributed by atoms with Gasteiger partial charge in [0.1, 0.15) is 35.7 Å². The molecule has 5 rings (SSSR count). The summed E-state index contributed by atoms with van der Waals surface area (Å²) in [6.07, 6.45) is 5.86. The number of esters is 1. The Morgan fingerprint density at radius 1 is 0.789 bits per heavy atom. The standard InChI is InChI=1S/C43H51N5O8.ClH/c1-25-40(50)47-33(19-12-13-21-44)41(51)48-34(43(53)56-5)20-11-8-16-29-22-27-14-6-9-17-31(27)36(38(29)54-3)37-32-18-10-7-15-28(32)23-30(39(37)55-4)24-35(42(52)45-25)46-26(2)49;/h6-11,14-15,17-18,22-23,25,33-35H,12-13,16,19-21,24,44H2,1-5H3,(H,45,52)(H,46,49)(H,47,50)(H,48,51);1H/t25-,33-,34-,35?;/m0./s1. The quantitative estimate of drug-likeness (QED) is 0.0956. The summed E-state index contributed by atoms with van der Waals surface area (Å²) >= 11 is 0. The van der Waals surface area contributed by atoms with Crippen LogP contribution in [0, 0.1) is 0 Å². The average molecular weight is 802 g/mol. The van der Waals surface area contributed by atoms with E-state index in [1.54, 1.807) is 14.2 Å². The van der Waals surface area contributed by atoms with E-state index in [0.29, 0.717) is 42.9 Å². The number of amides is 4. The monoisotopic (exact) mass is 801 g/mol. The predicted octanol–water partition coefficient (Wildman–Crippen LogP) is 0.290. The van der Waals surface area contributed by atoms with Crippen LogP contribution in [-0.2, 0) is 41.6 Å². The number of benzene rings is 4. The van der Waals surface area contributed by atoms with Crippen LogP contribution >= 0.6 is 0 Å². The van der Waals surface area contributed by atoms with Gasteiger partial charge in [-0.05, 0) is 83.8 Å². The van der Waals surface area contributed by atoms with Gasteiger partial charge in [0, 0.05) is 24.5 Å². The Morgan fingerprint density at radius 2 is 1.39 bits per heavy atom. The number of carbonyl (C=O) groups excluding carboxylic acids is 5. The van der Waals surface area contributed by atoms with E-state index in [2.05, 4.69) is 33.1 Å². The van der Waals surface area contributed by atoms with E-state index < -0.39 is 53.8 Å². The van der Waals surface area contributed by atoms with Gasteiger partial charge >= 0.3 is 5.97 Å². The van der Waals surface area contributed by atoms with Crippen LogP contribution in [0.2, 0.25) is 0 Å². The molecule has 4 bridgehead atoms. The maximum Gasteiger partial charge on any atom is 0.328 e. The molecule has 4 amide bonds. The number of unbranched alkanes of at least 4 members (excludes halogenated alkanes) is 1. The number of nitrogens with one attached hydrogen (secondary N) is 4. The molecule has 13 nitrogen and oxygen atoms in total. The minimum Gasteiger partial charge on any atom is -1.00 e. The molecule has 304 valence electrons. The highest BCUT2D eigenvalue weighted by atomic mass is 35.5. The van der Waals surface area contributed by atoms with E-state index in [9.17, 15) is 24.0 Å². The molecule has 4 aromatic carbocycles. The van der Waals surface area contributed by atoms with Crippen molar-refractivity contribution in [1.82, 2.24) is 21.3 Å². The molecule has 0 fully saturated rings. The molecule has 1 aliphatic rings. The van der Waals surface area contributed by atoms with E-state index in [1.165, 1.54) is 21.0 Å². The van der Waals surface area contributed by atoms with Crippen molar-refractivity contribution >= 4 is 51.1 Å². The molecule has 0 aliphatic carbocycles. The fourth-order valence-corrected chi connectivity index (χ4v) is 7.26. The zero-order valence-corrected chi connectivity index (χ0v) is 33.8. The lowest BCUT2D eigenvalue weighted by Gasteiger charge is -2.25. The van der Waals surface area contributed by atoms with Crippen LogP contribution in [-0.4, -0.2) is 81.6 Å². The molecule has 7 N–H and O–H groups in total. The molecule has 4 aromatic rings. The first-order valence-corrected chi connectivity index (χ1v) is 18.9. The summed E-state index contributed by atoms with van der Waals surface area (Å²) in [7, 11) is 4.43. The summed E-state index contributed by atoms with van der Waals surface area (Å²) in [5.74, 6) is -1.76. The smallest absolute Gasteiger partial charge is 0.328 e. The Bertz CT molecular complexity index is 2140. The molecule has 0 saturated heterocycles. The van der Waals surface area contributed by atoms with Gasteiger partial charge < -0.3 is 53.6 Å². The van der Waals surface area contributed by atoms with Gasteiger partial charge in [-0.15, -0.1) is 0 Å². The highest BCUT2D eigenvalue weighted by Gasteiger charge is 2.31. The van der Waals surface area contributed by atoms with Crippen molar-refractivity contribution in [3.8, 4) is 22.6 Å². The molecule has 1 aliphatic heterocycles. The van der Waals surface area contributed by atoms with Gasteiger partial charge in [-0.25, -0.2) is 4.79 Å². The molecule has 4 atom stereocenters. The number of hydrogen-bond acceptors (Lipinski definition) is 8. The molecule has 14 heteroatoms. The molecular weight excluding hydrogens is 750 g/mol. The number of carbonyl (C=O) groups is 5. The topological polar surface area (TPSA) is 189 Å². The molecule has 1 unspecified atom stereocenters. The van der Waals surface area contributed by atoms with Gasteiger partial charge in [-0.1, -0.05) is 60.7 Å². The number of hydrogen-bond donors (Lipinski definition) is 5. The lowest BCUT2D eigenvalue weighted by atomic mass is 9.87. The van der Waals surface area contributed by atoms with Crippen molar-refractivity contribution < 1.29 is 56.3 Å². The van der Waals surface area contributed by atoms with E-state index in [-0.39, 0.29) is 31.7 Å².